The van der Waals surface area contributed by atoms with Gasteiger partial charge in [0.15, 0.2) is 9.34 Å². The van der Waals surface area contributed by atoms with E-state index >= 15 is 0 Å². The molecule has 5 nitrogen and oxygen atoms in total. The predicted molar refractivity (Wildman–Crippen MR) is 75.2 cm³/mol. The Hall–Kier alpha value is -0.660. The van der Waals surface area contributed by atoms with Crippen LogP contribution in [0.3, 0.4) is 0 Å². The Morgan fingerprint density at radius 2 is 1.78 bits per heavy atom. The number of sulfonamides is 1. The quantitative estimate of drug-likeness (QED) is 0.842. The molecular formula is C11H21N3O2S2. The summed E-state index contributed by atoms with van der Waals surface area (Å²) in [5, 5.41) is 0.281. The minimum Gasteiger partial charge on any atom is -0.375 e. The fourth-order valence-electron chi connectivity index (χ4n) is 1.95. The summed E-state index contributed by atoms with van der Waals surface area (Å²) in [6, 6.07) is 0. The monoisotopic (exact) mass is 291 g/mol. The molecule has 0 atom stereocenters. The number of nitrogen functional groups attached to an aromatic ring is 1. The lowest BCUT2D eigenvalue weighted by atomic mass is 9.91. The van der Waals surface area contributed by atoms with E-state index in [1.807, 2.05) is 20.8 Å². The smallest absolute Gasteiger partial charge is 0.252 e. The van der Waals surface area contributed by atoms with E-state index in [1.165, 1.54) is 0 Å². The molecule has 1 rings (SSSR count). The second-order valence-electron chi connectivity index (χ2n) is 4.37. The van der Waals surface area contributed by atoms with Gasteiger partial charge in [-0.05, 0) is 26.2 Å². The number of aromatic nitrogens is 1. The lowest BCUT2D eigenvalue weighted by Gasteiger charge is -2.31. The largest absolute Gasteiger partial charge is 0.375 e. The third-order valence-electron chi connectivity index (χ3n) is 3.40. The molecule has 0 fully saturated rings. The number of nitrogens with zero attached hydrogens (tertiary/aromatic N) is 1. The maximum atomic E-state index is 12.4. The summed E-state index contributed by atoms with van der Waals surface area (Å²) in [7, 11) is -3.54. The zero-order chi connectivity index (χ0) is 14.0. The van der Waals surface area contributed by atoms with E-state index in [-0.39, 0.29) is 14.9 Å². The van der Waals surface area contributed by atoms with Gasteiger partial charge >= 0.3 is 0 Å². The van der Waals surface area contributed by atoms with E-state index in [0.29, 0.717) is 5.69 Å². The summed E-state index contributed by atoms with van der Waals surface area (Å²) in [4.78, 5) is 3.96. The summed E-state index contributed by atoms with van der Waals surface area (Å²) >= 11 is 1.01. The molecule has 0 aliphatic heterocycles. The number of nitrogens with one attached hydrogen (secondary N) is 1. The van der Waals surface area contributed by atoms with Crippen molar-refractivity contribution in [2.45, 2.75) is 56.7 Å². The van der Waals surface area contributed by atoms with Crippen molar-refractivity contribution in [2.75, 3.05) is 5.73 Å². The first-order chi connectivity index (χ1) is 8.30. The third kappa shape index (κ3) is 3.02. The standard InChI is InChI=1S/C11H21N3O2S2/c1-5-11(6-2,7-3)14-18(15,16)9-8(4)13-10(12)17-9/h14H,5-7H2,1-4H3,(H2,12,13). The van der Waals surface area contributed by atoms with Gasteiger partial charge in [0.05, 0.1) is 5.69 Å². The first kappa shape index (κ1) is 15.4. The van der Waals surface area contributed by atoms with Crippen molar-refractivity contribution in [1.29, 1.82) is 0 Å². The van der Waals surface area contributed by atoms with Crippen LogP contribution < -0.4 is 10.5 Å². The van der Waals surface area contributed by atoms with Gasteiger partial charge in [-0.3, -0.25) is 0 Å². The minimum absolute atomic E-state index is 0.222. The topological polar surface area (TPSA) is 85.1 Å². The second kappa shape index (κ2) is 5.54. The Bertz CT molecular complexity index is 496. The summed E-state index contributed by atoms with van der Waals surface area (Å²) in [5.41, 5.74) is 5.63. The maximum Gasteiger partial charge on any atom is 0.252 e. The number of nitrogens with two attached hydrogens (primary N) is 1. The lowest BCUT2D eigenvalue weighted by molar-refractivity contribution is 0.342. The molecule has 1 aromatic rings. The average Bonchev–Trinajstić information content (AvgIpc) is 2.66. The highest BCUT2D eigenvalue weighted by atomic mass is 32.2. The molecule has 0 aromatic carbocycles. The molecule has 104 valence electrons. The number of thiazole rings is 1. The molecule has 1 aromatic heterocycles. The van der Waals surface area contributed by atoms with E-state index < -0.39 is 10.0 Å². The predicted octanol–water partition coefficient (Wildman–Crippen LogP) is 2.28. The lowest BCUT2D eigenvalue weighted by Crippen LogP contribution is -2.46. The van der Waals surface area contributed by atoms with Crippen LogP contribution in [-0.2, 0) is 10.0 Å². The summed E-state index contributed by atoms with van der Waals surface area (Å²) < 4.78 is 27.8. The van der Waals surface area contributed by atoms with Crippen LogP contribution in [0.15, 0.2) is 4.21 Å². The van der Waals surface area contributed by atoms with Crippen LogP contribution >= 0.6 is 11.3 Å². The molecule has 0 spiro atoms. The van der Waals surface area contributed by atoms with Crippen molar-refractivity contribution in [1.82, 2.24) is 9.71 Å². The van der Waals surface area contributed by atoms with Gasteiger partial charge < -0.3 is 5.73 Å². The molecule has 0 amide bonds. The van der Waals surface area contributed by atoms with Gasteiger partial charge in [-0.1, -0.05) is 32.1 Å². The molecule has 18 heavy (non-hydrogen) atoms. The Morgan fingerprint density at radius 3 is 2.11 bits per heavy atom. The Kier molecular flexibility index (Phi) is 4.74. The highest BCUT2D eigenvalue weighted by Crippen LogP contribution is 2.28. The molecule has 0 aliphatic rings. The SMILES string of the molecule is CCC(CC)(CC)NS(=O)(=O)c1sc(N)nc1C. The first-order valence-corrected chi connectivity index (χ1v) is 8.37. The van der Waals surface area contributed by atoms with Crippen molar-refractivity contribution in [2.24, 2.45) is 0 Å². The molecule has 0 unspecified atom stereocenters. The van der Waals surface area contributed by atoms with Crippen LogP contribution in [0, 0.1) is 6.92 Å². The fourth-order valence-corrected chi connectivity index (χ4v) is 4.87. The van der Waals surface area contributed by atoms with Gasteiger partial charge in [-0.15, -0.1) is 0 Å². The van der Waals surface area contributed by atoms with Crippen LogP contribution in [0.5, 0.6) is 0 Å². The van der Waals surface area contributed by atoms with Crippen LogP contribution in [-0.4, -0.2) is 18.9 Å². The van der Waals surface area contributed by atoms with Gasteiger partial charge in [0, 0.05) is 5.54 Å². The molecule has 3 N–H and O–H groups in total. The molecular weight excluding hydrogens is 270 g/mol. The maximum absolute atomic E-state index is 12.4. The molecule has 0 saturated carbocycles. The first-order valence-electron chi connectivity index (χ1n) is 6.07. The van der Waals surface area contributed by atoms with Crippen LogP contribution in [0.1, 0.15) is 45.7 Å². The van der Waals surface area contributed by atoms with Crippen LogP contribution in [0.25, 0.3) is 0 Å². The number of aryl methyl sites for hydroxylation is 1. The molecule has 7 heteroatoms. The molecule has 0 aliphatic carbocycles. The van der Waals surface area contributed by atoms with Crippen molar-refractivity contribution in [3.05, 3.63) is 5.69 Å². The van der Waals surface area contributed by atoms with Gasteiger partial charge in [-0.25, -0.2) is 18.1 Å². The number of hydrogen-bond acceptors (Lipinski definition) is 5. The molecule has 0 bridgehead atoms. The molecule has 0 radical (unpaired) electrons. The highest BCUT2D eigenvalue weighted by Gasteiger charge is 2.32. The van der Waals surface area contributed by atoms with Crippen molar-refractivity contribution in [3.63, 3.8) is 0 Å². The molecule has 0 saturated heterocycles. The van der Waals surface area contributed by atoms with Gasteiger partial charge in [0.25, 0.3) is 10.0 Å². The zero-order valence-electron chi connectivity index (χ0n) is 11.3. The highest BCUT2D eigenvalue weighted by molar-refractivity contribution is 7.91. The Morgan fingerprint density at radius 1 is 1.28 bits per heavy atom. The van der Waals surface area contributed by atoms with Gasteiger partial charge in [-0.2, -0.15) is 0 Å². The van der Waals surface area contributed by atoms with E-state index in [1.54, 1.807) is 6.92 Å². The number of anilines is 1. The van der Waals surface area contributed by atoms with Gasteiger partial charge in [0.2, 0.25) is 0 Å². The fraction of sp³-hybridized carbons (Fsp3) is 0.727. The number of hydrogen-bond donors (Lipinski definition) is 2. The minimum atomic E-state index is -3.54. The number of rotatable bonds is 6. The van der Waals surface area contributed by atoms with Crippen LogP contribution in [0.4, 0.5) is 5.13 Å². The summed E-state index contributed by atoms with van der Waals surface area (Å²) in [6.45, 7) is 7.63. The van der Waals surface area contributed by atoms with Crippen molar-refractivity contribution in [3.8, 4) is 0 Å². The van der Waals surface area contributed by atoms with Crippen molar-refractivity contribution >= 4 is 26.5 Å². The Balaban J connectivity index is 3.12. The van der Waals surface area contributed by atoms with Crippen LogP contribution in [0.2, 0.25) is 0 Å². The van der Waals surface area contributed by atoms with E-state index in [0.717, 1.165) is 30.6 Å². The average molecular weight is 291 g/mol. The van der Waals surface area contributed by atoms with Crippen molar-refractivity contribution < 1.29 is 8.42 Å². The van der Waals surface area contributed by atoms with E-state index in [2.05, 4.69) is 9.71 Å². The van der Waals surface area contributed by atoms with E-state index in [4.69, 9.17) is 5.73 Å². The zero-order valence-corrected chi connectivity index (χ0v) is 12.9. The summed E-state index contributed by atoms with van der Waals surface area (Å²) in [6.07, 6.45) is 2.27. The second-order valence-corrected chi connectivity index (χ2v) is 7.28. The Labute approximate surface area is 113 Å². The normalized spacial score (nSPS) is 12.9. The van der Waals surface area contributed by atoms with Gasteiger partial charge in [0.1, 0.15) is 0 Å². The van der Waals surface area contributed by atoms with E-state index in [9.17, 15) is 8.42 Å². The molecule has 1 heterocycles. The summed E-state index contributed by atoms with van der Waals surface area (Å²) in [5.74, 6) is 0. The third-order valence-corrected chi connectivity index (χ3v) is 6.57.